The normalized spacial score (nSPS) is 25.8. The van der Waals surface area contributed by atoms with E-state index in [9.17, 15) is 24.3 Å². The number of hydrogen-bond acceptors (Lipinski definition) is 7. The van der Waals surface area contributed by atoms with Crippen LogP contribution in [0.2, 0.25) is 0 Å². The maximum absolute atomic E-state index is 14.0. The number of hydrogen-bond donors (Lipinski definition) is 1. The number of carbonyl (C=O) groups is 4. The number of aromatic hydroxyl groups is 1. The summed E-state index contributed by atoms with van der Waals surface area (Å²) in [5.74, 6) is -3.58. The summed E-state index contributed by atoms with van der Waals surface area (Å²) < 4.78 is 11.7. The Hall–Kier alpha value is -3.50. The second-order valence-electron chi connectivity index (χ2n) is 10.2. The third-order valence-corrected chi connectivity index (χ3v) is 9.37. The molecule has 1 saturated heterocycles. The first-order valence-electron chi connectivity index (χ1n) is 12.6. The van der Waals surface area contributed by atoms with E-state index in [1.807, 2.05) is 6.08 Å². The second kappa shape index (κ2) is 9.85. The minimum Gasteiger partial charge on any atom is -0.502 e. The minimum atomic E-state index is -0.698. The fourth-order valence-electron chi connectivity index (χ4n) is 6.51. The number of halogens is 2. The molecule has 2 aromatic rings. The average molecular weight is 669 g/mol. The number of ether oxygens (including phenoxy) is 2. The highest BCUT2D eigenvalue weighted by molar-refractivity contribution is 9.12. The van der Waals surface area contributed by atoms with Crippen LogP contribution in [-0.2, 0) is 19.2 Å². The highest BCUT2D eigenvalue weighted by atomic mass is 79.9. The summed E-state index contributed by atoms with van der Waals surface area (Å²) in [5.41, 5.74) is 2.50. The van der Waals surface area contributed by atoms with E-state index >= 15 is 0 Å². The molecule has 0 radical (unpaired) electrons. The molecule has 6 rings (SSSR count). The standard InChI is InChI=1S/C30H23Br2NO7/c1-39-22-9-13(10-23(40-2)28(22)36)24-16-7-8-17-25(18(16)11-19-26(24)21(34)12-20(32)27(19)35)30(38)33(29(17)37)15-5-3-14(31)4-6-15/h3-7,9-10,12,17-18,24-25,36H,8,11H2,1-2H3/t17-,18+,24-,25-/m0/s1. The smallest absolute Gasteiger partial charge is 0.238 e. The highest BCUT2D eigenvalue weighted by Crippen LogP contribution is 2.56. The lowest BCUT2D eigenvalue weighted by Crippen LogP contribution is -2.39. The minimum absolute atomic E-state index is 0.146. The molecule has 4 atom stereocenters. The second-order valence-corrected chi connectivity index (χ2v) is 11.9. The van der Waals surface area contributed by atoms with Gasteiger partial charge in [-0.1, -0.05) is 27.6 Å². The van der Waals surface area contributed by atoms with E-state index in [1.165, 1.54) is 25.2 Å². The quantitative estimate of drug-likeness (QED) is 0.273. The molecule has 40 heavy (non-hydrogen) atoms. The fraction of sp³-hybridized carbons (Fsp3) is 0.267. The number of methoxy groups -OCH3 is 2. The summed E-state index contributed by atoms with van der Waals surface area (Å²) in [5, 5.41) is 10.5. The number of nitrogens with zero attached hydrogens (tertiary/aromatic N) is 1. The summed E-state index contributed by atoms with van der Waals surface area (Å²) in [6.45, 7) is 0. The van der Waals surface area contributed by atoms with Crippen LogP contribution < -0.4 is 14.4 Å². The Morgan fingerprint density at radius 1 is 0.925 bits per heavy atom. The van der Waals surface area contributed by atoms with Crippen molar-refractivity contribution in [2.45, 2.75) is 18.8 Å². The molecule has 2 aromatic carbocycles. The summed E-state index contributed by atoms with van der Waals surface area (Å²) in [7, 11) is 2.82. The van der Waals surface area contributed by atoms with Crippen LogP contribution in [0, 0.1) is 17.8 Å². The van der Waals surface area contributed by atoms with Crippen LogP contribution >= 0.6 is 31.9 Å². The number of amides is 2. The molecule has 1 fully saturated rings. The Bertz CT molecular complexity index is 1580. The molecule has 0 bridgehead atoms. The van der Waals surface area contributed by atoms with Crippen LogP contribution in [0.15, 0.2) is 74.2 Å². The topological polar surface area (TPSA) is 110 Å². The van der Waals surface area contributed by atoms with E-state index in [1.54, 1.807) is 36.4 Å². The zero-order chi connectivity index (χ0) is 28.5. The van der Waals surface area contributed by atoms with Crippen molar-refractivity contribution >= 4 is 60.9 Å². The number of carbonyl (C=O) groups excluding carboxylic acids is 4. The number of allylic oxidation sites excluding steroid dienone is 6. The molecular weight excluding hydrogens is 646 g/mol. The number of benzene rings is 2. The van der Waals surface area contributed by atoms with Gasteiger partial charge in [-0.15, -0.1) is 0 Å². The van der Waals surface area contributed by atoms with Crippen molar-refractivity contribution in [2.24, 2.45) is 17.8 Å². The molecule has 0 unspecified atom stereocenters. The summed E-state index contributed by atoms with van der Waals surface area (Å²) in [6, 6.07) is 10.2. The Morgan fingerprint density at radius 2 is 1.57 bits per heavy atom. The molecule has 10 heteroatoms. The van der Waals surface area contributed by atoms with Crippen molar-refractivity contribution < 1.29 is 33.8 Å². The third kappa shape index (κ3) is 3.91. The van der Waals surface area contributed by atoms with Crippen molar-refractivity contribution in [1.82, 2.24) is 0 Å². The van der Waals surface area contributed by atoms with E-state index in [4.69, 9.17) is 9.47 Å². The molecule has 0 spiro atoms. The van der Waals surface area contributed by atoms with Gasteiger partial charge in [0.25, 0.3) is 0 Å². The molecule has 1 aliphatic heterocycles. The van der Waals surface area contributed by atoms with Gasteiger partial charge in [0.1, 0.15) is 0 Å². The van der Waals surface area contributed by atoms with Gasteiger partial charge in [-0.05, 0) is 76.7 Å². The van der Waals surface area contributed by atoms with Gasteiger partial charge in [-0.2, -0.15) is 0 Å². The van der Waals surface area contributed by atoms with E-state index in [-0.39, 0.29) is 51.5 Å². The number of imide groups is 1. The lowest BCUT2D eigenvalue weighted by molar-refractivity contribution is -0.123. The lowest BCUT2D eigenvalue weighted by Gasteiger charge is -2.42. The van der Waals surface area contributed by atoms with Gasteiger partial charge in [0.15, 0.2) is 23.1 Å². The fourth-order valence-corrected chi connectivity index (χ4v) is 7.22. The molecule has 1 N–H and O–H groups in total. The first-order chi connectivity index (χ1) is 19.2. The largest absolute Gasteiger partial charge is 0.502 e. The van der Waals surface area contributed by atoms with E-state index in [0.717, 1.165) is 10.0 Å². The molecule has 1 heterocycles. The maximum atomic E-state index is 14.0. The van der Waals surface area contributed by atoms with Gasteiger partial charge in [0.05, 0.1) is 36.2 Å². The zero-order valence-corrected chi connectivity index (χ0v) is 24.6. The van der Waals surface area contributed by atoms with Gasteiger partial charge < -0.3 is 14.6 Å². The predicted molar refractivity (Wildman–Crippen MR) is 152 cm³/mol. The number of rotatable bonds is 4. The lowest BCUT2D eigenvalue weighted by atomic mass is 9.59. The first-order valence-corrected chi connectivity index (χ1v) is 14.2. The van der Waals surface area contributed by atoms with Crippen molar-refractivity contribution in [1.29, 1.82) is 0 Å². The molecule has 4 aliphatic rings. The number of ketones is 2. The van der Waals surface area contributed by atoms with E-state index in [2.05, 4.69) is 31.9 Å². The number of Topliss-reactive ketones (excluding diaryl/α,β-unsaturated/α-hetero) is 1. The van der Waals surface area contributed by atoms with Crippen LogP contribution in [0.1, 0.15) is 24.3 Å². The van der Waals surface area contributed by atoms with Crippen molar-refractivity contribution in [3.05, 3.63) is 79.8 Å². The van der Waals surface area contributed by atoms with Crippen molar-refractivity contribution in [3.63, 3.8) is 0 Å². The average Bonchev–Trinajstić information content (AvgIpc) is 3.21. The Morgan fingerprint density at radius 3 is 2.20 bits per heavy atom. The van der Waals surface area contributed by atoms with Crippen LogP contribution in [0.25, 0.3) is 0 Å². The van der Waals surface area contributed by atoms with Crippen LogP contribution in [0.5, 0.6) is 17.2 Å². The third-order valence-electron chi connectivity index (χ3n) is 8.25. The summed E-state index contributed by atoms with van der Waals surface area (Å²) in [4.78, 5) is 55.6. The van der Waals surface area contributed by atoms with E-state index < -0.39 is 23.7 Å². The van der Waals surface area contributed by atoms with Crippen molar-refractivity contribution in [2.75, 3.05) is 19.1 Å². The van der Waals surface area contributed by atoms with Crippen LogP contribution in [-0.4, -0.2) is 42.7 Å². The van der Waals surface area contributed by atoms with Gasteiger partial charge in [0.2, 0.25) is 17.6 Å². The van der Waals surface area contributed by atoms with E-state index in [0.29, 0.717) is 28.8 Å². The van der Waals surface area contributed by atoms with Gasteiger partial charge >= 0.3 is 0 Å². The first kappa shape index (κ1) is 26.7. The molecule has 0 aromatic heterocycles. The zero-order valence-electron chi connectivity index (χ0n) is 21.4. The Kier molecular flexibility index (Phi) is 6.58. The molecule has 3 aliphatic carbocycles. The maximum Gasteiger partial charge on any atom is 0.238 e. The molecule has 204 valence electrons. The van der Waals surface area contributed by atoms with Crippen LogP contribution in [0.3, 0.4) is 0 Å². The van der Waals surface area contributed by atoms with Crippen molar-refractivity contribution in [3.8, 4) is 17.2 Å². The predicted octanol–water partition coefficient (Wildman–Crippen LogP) is 5.14. The number of phenolic OH excluding ortho intramolecular Hbond substituents is 1. The molecular formula is C30H23Br2NO7. The Balaban J connectivity index is 1.51. The molecule has 2 amide bonds. The van der Waals surface area contributed by atoms with Crippen LogP contribution in [0.4, 0.5) is 5.69 Å². The summed E-state index contributed by atoms with van der Waals surface area (Å²) in [6.07, 6.45) is 3.69. The number of anilines is 1. The monoisotopic (exact) mass is 667 g/mol. The number of fused-ring (bicyclic) bond motifs is 3. The van der Waals surface area contributed by atoms with Gasteiger partial charge in [-0.3, -0.25) is 24.1 Å². The SMILES string of the molecule is COc1cc([C@H]2C3=CC[C@@H]4C(=O)N(c5ccc(Br)cc5)C(=O)[C@@H]4[C@@H]3CC3=C2C(=O)C=C(Br)C3=O)cc(OC)c1O. The van der Waals surface area contributed by atoms with Gasteiger partial charge in [-0.25, -0.2) is 0 Å². The Labute approximate surface area is 246 Å². The highest BCUT2D eigenvalue weighted by Gasteiger charge is 2.56. The molecule has 0 saturated carbocycles. The van der Waals surface area contributed by atoms with Gasteiger partial charge in [0, 0.05) is 27.6 Å². The number of phenols is 1. The molecule has 8 nitrogen and oxygen atoms in total. The summed E-state index contributed by atoms with van der Waals surface area (Å²) >= 11 is 6.62.